The Labute approximate surface area is 226 Å². The average Bonchev–Trinajstić information content (AvgIpc) is 2.93. The van der Waals surface area contributed by atoms with Gasteiger partial charge in [0.25, 0.3) is 0 Å². The maximum Gasteiger partial charge on any atom is 0.225 e. The lowest BCUT2D eigenvalue weighted by Gasteiger charge is -2.48. The molecule has 1 aliphatic carbocycles. The maximum absolute atomic E-state index is 11.5. The molecule has 1 aliphatic heterocycles. The van der Waals surface area contributed by atoms with Crippen molar-refractivity contribution < 1.29 is 4.79 Å². The number of ketones is 1. The molecule has 204 valence electrons. The first-order valence-corrected chi connectivity index (χ1v) is 14.7. The third-order valence-corrected chi connectivity index (χ3v) is 8.18. The summed E-state index contributed by atoms with van der Waals surface area (Å²) in [5.41, 5.74) is 3.52. The summed E-state index contributed by atoms with van der Waals surface area (Å²) in [4.78, 5) is 26.1. The fourth-order valence-electron chi connectivity index (χ4n) is 5.70. The number of Topliss-reactive ketones (excluding diaryl/α,β-unsaturated/α-hetero) is 1. The number of aryl methyl sites for hydroxylation is 1. The number of hydrogen-bond donors (Lipinski definition) is 0. The van der Waals surface area contributed by atoms with Crippen molar-refractivity contribution >= 4 is 11.7 Å². The molecule has 4 rings (SSSR count). The van der Waals surface area contributed by atoms with E-state index < -0.39 is 0 Å². The largest absolute Gasteiger partial charge is 0.332 e. The summed E-state index contributed by atoms with van der Waals surface area (Å²) in [6, 6.07) is 10.1. The zero-order chi connectivity index (χ0) is 26.9. The second kappa shape index (κ2) is 14.0. The number of carbonyl (C=O) groups is 1. The Balaban J connectivity index is 0.000000289. The van der Waals surface area contributed by atoms with E-state index >= 15 is 0 Å². The van der Waals surface area contributed by atoms with Gasteiger partial charge in [0.05, 0.1) is 0 Å². The van der Waals surface area contributed by atoms with Gasteiger partial charge in [-0.1, -0.05) is 76.8 Å². The molecule has 2 heterocycles. The van der Waals surface area contributed by atoms with Gasteiger partial charge in [0, 0.05) is 61.0 Å². The number of nitrogens with zero attached hydrogens (tertiary/aromatic N) is 4. The predicted octanol–water partition coefficient (Wildman–Crippen LogP) is 7.33. The van der Waals surface area contributed by atoms with Gasteiger partial charge in [-0.3, -0.25) is 9.69 Å². The van der Waals surface area contributed by atoms with Crippen LogP contribution in [0.25, 0.3) is 11.1 Å². The van der Waals surface area contributed by atoms with Crippen LogP contribution in [-0.2, 0) is 4.79 Å². The van der Waals surface area contributed by atoms with Crippen LogP contribution in [0.2, 0.25) is 0 Å². The van der Waals surface area contributed by atoms with E-state index in [0.29, 0.717) is 29.8 Å². The van der Waals surface area contributed by atoms with Gasteiger partial charge in [-0.05, 0) is 52.0 Å². The van der Waals surface area contributed by atoms with Gasteiger partial charge in [-0.15, -0.1) is 0 Å². The smallest absolute Gasteiger partial charge is 0.225 e. The predicted molar refractivity (Wildman–Crippen MR) is 156 cm³/mol. The fraction of sp³-hybridized carbons (Fsp3) is 0.656. The molecule has 2 fully saturated rings. The van der Waals surface area contributed by atoms with Crippen molar-refractivity contribution in [2.24, 2.45) is 11.8 Å². The van der Waals surface area contributed by atoms with Gasteiger partial charge < -0.3 is 4.90 Å². The standard InChI is InChI=1S/C22H32N4.C10H18O/c1-6-20-14-25(16(3)4)15-21(7-2)26(20)22-23-12-19(13-24-22)18-10-8-17(5)9-11-18;1-8(2)10(11)9-6-4-3-5-7-9/h8-13,16,20-21H,6-7,14-15H2,1-5H3;8-9H,3-7H2,1-2H3. The number of benzene rings is 1. The molecule has 37 heavy (non-hydrogen) atoms. The SMILES string of the molecule is CC(C)C(=O)C1CCCCC1.CCC1CN(C(C)C)CC(CC)N1c1ncc(-c2ccc(C)cc2)cn1. The van der Waals surface area contributed by atoms with E-state index in [-0.39, 0.29) is 5.92 Å². The lowest BCUT2D eigenvalue weighted by atomic mass is 9.83. The first kappa shape index (κ1) is 29.3. The Bertz CT molecular complexity index is 934. The van der Waals surface area contributed by atoms with Crippen LogP contribution < -0.4 is 4.90 Å². The van der Waals surface area contributed by atoms with Crippen LogP contribution in [0, 0.1) is 18.8 Å². The van der Waals surface area contributed by atoms with Gasteiger partial charge in [0.15, 0.2) is 0 Å². The molecule has 0 spiro atoms. The third kappa shape index (κ3) is 7.86. The molecule has 1 saturated heterocycles. The van der Waals surface area contributed by atoms with E-state index in [1.165, 1.54) is 30.4 Å². The van der Waals surface area contributed by atoms with Crippen LogP contribution in [0.3, 0.4) is 0 Å². The van der Waals surface area contributed by atoms with Crippen molar-refractivity contribution in [1.82, 2.24) is 14.9 Å². The molecule has 2 aliphatic rings. The highest BCUT2D eigenvalue weighted by Crippen LogP contribution is 2.28. The van der Waals surface area contributed by atoms with E-state index in [9.17, 15) is 4.79 Å². The van der Waals surface area contributed by atoms with Crippen molar-refractivity contribution in [1.29, 1.82) is 0 Å². The van der Waals surface area contributed by atoms with Crippen LogP contribution >= 0.6 is 0 Å². The number of piperazine rings is 1. The van der Waals surface area contributed by atoms with Gasteiger partial charge in [0.1, 0.15) is 5.78 Å². The lowest BCUT2D eigenvalue weighted by Crippen LogP contribution is -2.60. The van der Waals surface area contributed by atoms with E-state index in [4.69, 9.17) is 9.97 Å². The number of rotatable bonds is 7. The Morgan fingerprint density at radius 2 is 1.41 bits per heavy atom. The van der Waals surface area contributed by atoms with E-state index in [1.807, 2.05) is 26.2 Å². The van der Waals surface area contributed by atoms with Crippen molar-refractivity contribution in [3.8, 4) is 11.1 Å². The molecule has 1 saturated carbocycles. The molecule has 2 unspecified atom stereocenters. The topological polar surface area (TPSA) is 49.3 Å². The quantitative estimate of drug-likeness (QED) is 0.393. The summed E-state index contributed by atoms with van der Waals surface area (Å²) in [5, 5.41) is 0. The molecular formula is C32H50N4O. The second-order valence-electron chi connectivity index (χ2n) is 11.6. The Hall–Kier alpha value is -2.27. The van der Waals surface area contributed by atoms with Crippen LogP contribution in [0.15, 0.2) is 36.7 Å². The van der Waals surface area contributed by atoms with Gasteiger partial charge in [0.2, 0.25) is 5.95 Å². The monoisotopic (exact) mass is 506 g/mol. The molecule has 1 aromatic carbocycles. The molecule has 0 amide bonds. The fourth-order valence-corrected chi connectivity index (χ4v) is 5.70. The van der Waals surface area contributed by atoms with Gasteiger partial charge in [-0.2, -0.15) is 0 Å². The van der Waals surface area contributed by atoms with Crippen LogP contribution in [0.1, 0.15) is 92.1 Å². The maximum atomic E-state index is 11.5. The first-order chi connectivity index (χ1) is 17.7. The summed E-state index contributed by atoms with van der Waals surface area (Å²) in [6.07, 6.45) is 12.3. The lowest BCUT2D eigenvalue weighted by molar-refractivity contribution is -0.126. The minimum atomic E-state index is 0.248. The molecular weight excluding hydrogens is 456 g/mol. The molecule has 0 bridgehead atoms. The molecule has 2 atom stereocenters. The Morgan fingerprint density at radius 3 is 1.86 bits per heavy atom. The number of aromatic nitrogens is 2. The van der Waals surface area contributed by atoms with Crippen LogP contribution in [0.5, 0.6) is 0 Å². The third-order valence-electron chi connectivity index (χ3n) is 8.18. The van der Waals surface area contributed by atoms with Crippen molar-refractivity contribution in [3.63, 3.8) is 0 Å². The molecule has 0 radical (unpaired) electrons. The average molecular weight is 507 g/mol. The van der Waals surface area contributed by atoms with E-state index in [0.717, 1.165) is 50.3 Å². The number of anilines is 1. The summed E-state index contributed by atoms with van der Waals surface area (Å²) in [7, 11) is 0. The summed E-state index contributed by atoms with van der Waals surface area (Å²) in [5.74, 6) is 2.02. The minimum Gasteiger partial charge on any atom is -0.332 e. The normalized spacial score (nSPS) is 21.2. The van der Waals surface area contributed by atoms with Crippen molar-refractivity contribution in [2.45, 2.75) is 112 Å². The molecule has 0 N–H and O–H groups in total. The van der Waals surface area contributed by atoms with E-state index in [1.54, 1.807) is 0 Å². The summed E-state index contributed by atoms with van der Waals surface area (Å²) >= 11 is 0. The molecule has 5 nitrogen and oxygen atoms in total. The first-order valence-electron chi connectivity index (χ1n) is 14.7. The Kier molecular flexibility index (Phi) is 11.1. The summed E-state index contributed by atoms with van der Waals surface area (Å²) < 4.78 is 0. The zero-order valence-corrected chi connectivity index (χ0v) is 24.4. The summed E-state index contributed by atoms with van der Waals surface area (Å²) in [6.45, 7) is 17.4. The van der Waals surface area contributed by atoms with Crippen molar-refractivity contribution in [3.05, 3.63) is 42.2 Å². The number of carbonyl (C=O) groups excluding carboxylic acids is 1. The van der Waals surface area contributed by atoms with Crippen LogP contribution in [-0.4, -0.2) is 51.9 Å². The van der Waals surface area contributed by atoms with Gasteiger partial charge >= 0.3 is 0 Å². The molecule has 1 aromatic heterocycles. The zero-order valence-electron chi connectivity index (χ0n) is 24.4. The van der Waals surface area contributed by atoms with Gasteiger partial charge in [-0.25, -0.2) is 9.97 Å². The highest BCUT2D eigenvalue weighted by Gasteiger charge is 2.35. The number of hydrogen-bond acceptors (Lipinski definition) is 5. The van der Waals surface area contributed by atoms with Crippen molar-refractivity contribution in [2.75, 3.05) is 18.0 Å². The second-order valence-corrected chi connectivity index (χ2v) is 11.6. The minimum absolute atomic E-state index is 0.248. The van der Waals surface area contributed by atoms with Crippen LogP contribution in [0.4, 0.5) is 5.95 Å². The molecule has 5 heteroatoms. The highest BCUT2D eigenvalue weighted by molar-refractivity contribution is 5.82. The van der Waals surface area contributed by atoms with E-state index in [2.05, 4.69) is 68.7 Å². The Morgan fingerprint density at radius 1 is 0.865 bits per heavy atom. The highest BCUT2D eigenvalue weighted by atomic mass is 16.1. The molecule has 2 aromatic rings.